The van der Waals surface area contributed by atoms with Crippen LogP contribution >= 0.6 is 0 Å². The lowest BCUT2D eigenvalue weighted by Crippen LogP contribution is -2.29. The van der Waals surface area contributed by atoms with Gasteiger partial charge in [-0.3, -0.25) is 9.88 Å². The minimum atomic E-state index is 0.708. The second-order valence-corrected chi connectivity index (χ2v) is 3.42. The quantitative estimate of drug-likeness (QED) is 0.763. The number of hydrogen-bond acceptors (Lipinski definition) is 3. The lowest BCUT2D eigenvalue weighted by atomic mass is 10.2. The van der Waals surface area contributed by atoms with Gasteiger partial charge in [0.25, 0.3) is 0 Å². The first kappa shape index (κ1) is 11.1. The van der Waals surface area contributed by atoms with Crippen LogP contribution in [-0.2, 0) is 6.54 Å². The van der Waals surface area contributed by atoms with Crippen molar-refractivity contribution in [3.8, 4) is 0 Å². The molecule has 0 amide bonds. The molecule has 0 fully saturated rings. The maximum atomic E-state index is 5.53. The number of rotatable bonds is 5. The van der Waals surface area contributed by atoms with Gasteiger partial charge in [-0.15, -0.1) is 0 Å². The van der Waals surface area contributed by atoms with Crippen LogP contribution in [0.3, 0.4) is 0 Å². The van der Waals surface area contributed by atoms with Gasteiger partial charge < -0.3 is 5.73 Å². The summed E-state index contributed by atoms with van der Waals surface area (Å²) in [5, 5.41) is 0. The Hall–Kier alpha value is -0.930. The Morgan fingerprint density at radius 1 is 1.50 bits per heavy atom. The van der Waals surface area contributed by atoms with Crippen molar-refractivity contribution < 1.29 is 0 Å². The predicted molar refractivity (Wildman–Crippen MR) is 59.0 cm³/mol. The third-order valence-electron chi connectivity index (χ3n) is 2.38. The first-order chi connectivity index (χ1) is 6.77. The zero-order chi connectivity index (χ0) is 10.4. The summed E-state index contributed by atoms with van der Waals surface area (Å²) in [5.41, 5.74) is 7.94. The topological polar surface area (TPSA) is 42.1 Å². The fourth-order valence-corrected chi connectivity index (χ4v) is 1.43. The normalized spacial score (nSPS) is 10.9. The van der Waals surface area contributed by atoms with E-state index in [1.807, 2.05) is 12.3 Å². The van der Waals surface area contributed by atoms with Gasteiger partial charge in [0.15, 0.2) is 0 Å². The van der Waals surface area contributed by atoms with Crippen molar-refractivity contribution >= 4 is 0 Å². The summed E-state index contributed by atoms with van der Waals surface area (Å²) >= 11 is 0. The Kier molecular flexibility index (Phi) is 4.56. The highest BCUT2D eigenvalue weighted by Gasteiger charge is 2.05. The maximum Gasteiger partial charge on any atom is 0.0573 e. The summed E-state index contributed by atoms with van der Waals surface area (Å²) in [6.07, 6.45) is 1.85. The van der Waals surface area contributed by atoms with Crippen molar-refractivity contribution in [2.45, 2.75) is 20.4 Å². The van der Waals surface area contributed by atoms with Crippen LogP contribution in [0.25, 0.3) is 0 Å². The van der Waals surface area contributed by atoms with E-state index in [-0.39, 0.29) is 0 Å². The molecule has 1 aromatic rings. The van der Waals surface area contributed by atoms with Crippen LogP contribution in [-0.4, -0.2) is 29.5 Å². The number of likely N-dealkylation sites (N-methyl/N-ethyl adjacent to an activating group) is 1. The molecule has 0 radical (unpaired) electrons. The summed E-state index contributed by atoms with van der Waals surface area (Å²) in [4.78, 5) is 6.67. The van der Waals surface area contributed by atoms with E-state index in [1.165, 1.54) is 5.56 Å². The van der Waals surface area contributed by atoms with Gasteiger partial charge in [-0.25, -0.2) is 0 Å². The summed E-state index contributed by atoms with van der Waals surface area (Å²) in [5.74, 6) is 0. The van der Waals surface area contributed by atoms with Crippen molar-refractivity contribution in [1.82, 2.24) is 9.88 Å². The average molecular weight is 193 g/mol. The van der Waals surface area contributed by atoms with E-state index in [0.717, 1.165) is 25.3 Å². The van der Waals surface area contributed by atoms with Gasteiger partial charge in [0.2, 0.25) is 0 Å². The molecule has 1 heterocycles. The van der Waals surface area contributed by atoms with Crippen LogP contribution in [0.2, 0.25) is 0 Å². The summed E-state index contributed by atoms with van der Waals surface area (Å²) in [6, 6.07) is 4.07. The second-order valence-electron chi connectivity index (χ2n) is 3.42. The summed E-state index contributed by atoms with van der Waals surface area (Å²) in [7, 11) is 0. The minimum Gasteiger partial charge on any atom is -0.329 e. The molecule has 78 valence electrons. The molecule has 0 bridgehead atoms. The average Bonchev–Trinajstić information content (AvgIpc) is 2.20. The van der Waals surface area contributed by atoms with Crippen LogP contribution in [0.4, 0.5) is 0 Å². The third kappa shape index (κ3) is 3.09. The third-order valence-corrected chi connectivity index (χ3v) is 2.38. The lowest BCUT2D eigenvalue weighted by molar-refractivity contribution is 0.284. The smallest absolute Gasteiger partial charge is 0.0573 e. The van der Waals surface area contributed by atoms with Crippen molar-refractivity contribution in [3.05, 3.63) is 29.6 Å². The fraction of sp³-hybridized carbons (Fsp3) is 0.545. The lowest BCUT2D eigenvalue weighted by Gasteiger charge is -2.19. The van der Waals surface area contributed by atoms with Crippen LogP contribution < -0.4 is 5.73 Å². The van der Waals surface area contributed by atoms with E-state index in [9.17, 15) is 0 Å². The molecule has 0 aromatic carbocycles. The summed E-state index contributed by atoms with van der Waals surface area (Å²) < 4.78 is 0. The Morgan fingerprint density at radius 3 is 2.86 bits per heavy atom. The molecule has 0 saturated carbocycles. The standard InChI is InChI=1S/C11H19N3/c1-3-14(8-6-12)9-11-10(2)5-4-7-13-11/h4-5,7H,3,6,8-9,12H2,1-2H3. The molecule has 0 atom stereocenters. The van der Waals surface area contributed by atoms with Crippen molar-refractivity contribution in [2.75, 3.05) is 19.6 Å². The highest BCUT2D eigenvalue weighted by Crippen LogP contribution is 2.06. The van der Waals surface area contributed by atoms with E-state index in [1.54, 1.807) is 0 Å². The van der Waals surface area contributed by atoms with Gasteiger partial charge in [-0.05, 0) is 25.1 Å². The van der Waals surface area contributed by atoms with Gasteiger partial charge in [0.05, 0.1) is 5.69 Å². The monoisotopic (exact) mass is 193 g/mol. The molecule has 2 N–H and O–H groups in total. The van der Waals surface area contributed by atoms with Gasteiger partial charge >= 0.3 is 0 Å². The molecule has 0 aliphatic carbocycles. The van der Waals surface area contributed by atoms with Gasteiger partial charge in [0.1, 0.15) is 0 Å². The van der Waals surface area contributed by atoms with Gasteiger partial charge in [-0.1, -0.05) is 13.0 Å². The molecule has 0 aliphatic heterocycles. The van der Waals surface area contributed by atoms with Gasteiger partial charge in [0, 0.05) is 25.8 Å². The highest BCUT2D eigenvalue weighted by atomic mass is 15.1. The molecule has 14 heavy (non-hydrogen) atoms. The molecule has 0 aliphatic rings. The number of aromatic nitrogens is 1. The SMILES string of the molecule is CCN(CCN)Cc1ncccc1C. The van der Waals surface area contributed by atoms with Crippen LogP contribution in [0.1, 0.15) is 18.2 Å². The Balaban J connectivity index is 2.62. The number of aryl methyl sites for hydroxylation is 1. The van der Waals surface area contributed by atoms with E-state index in [4.69, 9.17) is 5.73 Å². The first-order valence-electron chi connectivity index (χ1n) is 5.10. The van der Waals surface area contributed by atoms with E-state index >= 15 is 0 Å². The molecule has 0 saturated heterocycles. The second kappa shape index (κ2) is 5.73. The Bertz CT molecular complexity index is 273. The number of nitrogens with two attached hydrogens (primary N) is 1. The van der Waals surface area contributed by atoms with Crippen molar-refractivity contribution in [3.63, 3.8) is 0 Å². The molecule has 3 heteroatoms. The fourth-order valence-electron chi connectivity index (χ4n) is 1.43. The first-order valence-corrected chi connectivity index (χ1v) is 5.10. The van der Waals surface area contributed by atoms with Crippen LogP contribution in [0.15, 0.2) is 18.3 Å². The van der Waals surface area contributed by atoms with E-state index in [2.05, 4.69) is 29.8 Å². The predicted octanol–water partition coefficient (Wildman–Crippen LogP) is 1.17. The van der Waals surface area contributed by atoms with Crippen LogP contribution in [0, 0.1) is 6.92 Å². The number of pyridine rings is 1. The molecule has 0 spiro atoms. The zero-order valence-corrected chi connectivity index (χ0v) is 9.03. The summed E-state index contributed by atoms with van der Waals surface area (Å²) in [6.45, 7) is 7.81. The van der Waals surface area contributed by atoms with Crippen molar-refractivity contribution in [2.24, 2.45) is 5.73 Å². The molecular formula is C11H19N3. The van der Waals surface area contributed by atoms with E-state index in [0.29, 0.717) is 6.54 Å². The number of nitrogens with zero attached hydrogens (tertiary/aromatic N) is 2. The minimum absolute atomic E-state index is 0.708. The zero-order valence-electron chi connectivity index (χ0n) is 9.03. The van der Waals surface area contributed by atoms with Gasteiger partial charge in [-0.2, -0.15) is 0 Å². The molecule has 1 aromatic heterocycles. The highest BCUT2D eigenvalue weighted by molar-refractivity contribution is 5.17. The largest absolute Gasteiger partial charge is 0.329 e. The maximum absolute atomic E-state index is 5.53. The Labute approximate surface area is 85.9 Å². The van der Waals surface area contributed by atoms with Crippen LogP contribution in [0.5, 0.6) is 0 Å². The molecule has 1 rings (SSSR count). The molecule has 0 unspecified atom stereocenters. The number of hydrogen-bond donors (Lipinski definition) is 1. The van der Waals surface area contributed by atoms with Crippen molar-refractivity contribution in [1.29, 1.82) is 0 Å². The van der Waals surface area contributed by atoms with E-state index < -0.39 is 0 Å². The Morgan fingerprint density at radius 2 is 2.29 bits per heavy atom. The molecular weight excluding hydrogens is 174 g/mol. The molecule has 3 nitrogen and oxygen atoms in total.